The molecule has 3 rings (SSSR count). The van der Waals surface area contributed by atoms with Crippen LogP contribution < -0.4 is 5.32 Å². The molecule has 2 aromatic carbocycles. The fourth-order valence-corrected chi connectivity index (χ4v) is 3.03. The van der Waals surface area contributed by atoms with Crippen LogP contribution in [0.4, 0.5) is 5.69 Å². The van der Waals surface area contributed by atoms with Gasteiger partial charge in [0.25, 0.3) is 11.8 Å². The number of nitrogens with one attached hydrogen (secondary N) is 1. The fraction of sp³-hybridized carbons (Fsp3) is 0.211. The fourth-order valence-electron chi connectivity index (χ4n) is 2.85. The van der Waals surface area contributed by atoms with E-state index >= 15 is 0 Å². The molecular weight excluding hydrogens is 340 g/mol. The number of benzene rings is 2. The molecule has 1 heterocycles. The minimum absolute atomic E-state index is 0.230. The van der Waals surface area contributed by atoms with E-state index in [2.05, 4.69) is 5.32 Å². The maximum Gasteiger partial charge on any atom is 0.262 e. The molecule has 1 aliphatic rings. The van der Waals surface area contributed by atoms with Crippen LogP contribution in [0.3, 0.4) is 0 Å². The Morgan fingerprint density at radius 1 is 1.08 bits per heavy atom. The van der Waals surface area contributed by atoms with E-state index in [0.717, 1.165) is 10.5 Å². The van der Waals surface area contributed by atoms with Gasteiger partial charge in [0.15, 0.2) is 0 Å². The van der Waals surface area contributed by atoms with Gasteiger partial charge in [0.2, 0.25) is 5.91 Å². The van der Waals surface area contributed by atoms with Crippen molar-refractivity contribution in [3.8, 4) is 0 Å². The summed E-state index contributed by atoms with van der Waals surface area (Å²) >= 11 is 5.88. The zero-order valence-electron chi connectivity index (χ0n) is 13.9. The standard InChI is InChI=1S/C19H17ClN2O3/c1-11(2)13-5-3-4-6-16(13)21-17(23)10-22-18(24)14-8-7-12(20)9-15(14)19(22)25/h3-9,11H,10H2,1-2H3,(H,21,23). The van der Waals surface area contributed by atoms with Gasteiger partial charge in [-0.25, -0.2) is 0 Å². The van der Waals surface area contributed by atoms with Crippen molar-refractivity contribution in [2.75, 3.05) is 11.9 Å². The number of amides is 3. The smallest absolute Gasteiger partial charge is 0.262 e. The third-order valence-corrected chi connectivity index (χ3v) is 4.33. The molecule has 6 heteroatoms. The molecule has 0 radical (unpaired) electrons. The second kappa shape index (κ2) is 6.69. The molecule has 0 aliphatic carbocycles. The second-order valence-electron chi connectivity index (χ2n) is 6.18. The van der Waals surface area contributed by atoms with Crippen molar-refractivity contribution < 1.29 is 14.4 Å². The van der Waals surface area contributed by atoms with Crippen molar-refractivity contribution in [1.29, 1.82) is 0 Å². The van der Waals surface area contributed by atoms with Crippen LogP contribution in [0.1, 0.15) is 46.0 Å². The first-order valence-corrected chi connectivity index (χ1v) is 8.31. The van der Waals surface area contributed by atoms with Crippen LogP contribution in [-0.2, 0) is 4.79 Å². The average Bonchev–Trinajstić information content (AvgIpc) is 2.79. The number of imide groups is 1. The van der Waals surface area contributed by atoms with Crippen molar-refractivity contribution in [1.82, 2.24) is 4.90 Å². The van der Waals surface area contributed by atoms with Gasteiger partial charge in [0.1, 0.15) is 6.54 Å². The number of hydrogen-bond donors (Lipinski definition) is 1. The van der Waals surface area contributed by atoms with E-state index < -0.39 is 17.7 Å². The summed E-state index contributed by atoms with van der Waals surface area (Å²) in [5, 5.41) is 3.16. The Labute approximate surface area is 150 Å². The molecule has 1 aliphatic heterocycles. The van der Waals surface area contributed by atoms with Gasteiger partial charge >= 0.3 is 0 Å². The molecule has 0 spiro atoms. The van der Waals surface area contributed by atoms with Crippen LogP contribution in [0.15, 0.2) is 42.5 Å². The van der Waals surface area contributed by atoms with Crippen LogP contribution >= 0.6 is 11.6 Å². The Kier molecular flexibility index (Phi) is 4.59. The van der Waals surface area contributed by atoms with Gasteiger partial charge < -0.3 is 5.32 Å². The summed E-state index contributed by atoms with van der Waals surface area (Å²) in [6, 6.07) is 12.0. The molecule has 5 nitrogen and oxygen atoms in total. The Bertz CT molecular complexity index is 877. The van der Waals surface area contributed by atoms with Gasteiger partial charge in [0.05, 0.1) is 11.1 Å². The summed E-state index contributed by atoms with van der Waals surface area (Å²) in [5.74, 6) is -1.18. The first-order valence-electron chi connectivity index (χ1n) is 7.93. The predicted molar refractivity (Wildman–Crippen MR) is 96.0 cm³/mol. The lowest BCUT2D eigenvalue weighted by molar-refractivity contribution is -0.116. The number of rotatable bonds is 4. The van der Waals surface area contributed by atoms with Crippen molar-refractivity contribution >= 4 is 35.0 Å². The first kappa shape index (κ1) is 17.2. The number of carbonyl (C=O) groups excluding carboxylic acids is 3. The minimum Gasteiger partial charge on any atom is -0.324 e. The molecule has 0 fully saturated rings. The van der Waals surface area contributed by atoms with E-state index in [-0.39, 0.29) is 23.6 Å². The van der Waals surface area contributed by atoms with Crippen molar-refractivity contribution in [3.05, 3.63) is 64.2 Å². The zero-order chi connectivity index (χ0) is 18.1. The van der Waals surface area contributed by atoms with Crippen molar-refractivity contribution in [2.24, 2.45) is 0 Å². The Morgan fingerprint density at radius 3 is 2.48 bits per heavy atom. The summed E-state index contributed by atoms with van der Waals surface area (Å²) in [6.07, 6.45) is 0. The maximum absolute atomic E-state index is 12.4. The molecule has 0 unspecified atom stereocenters. The highest BCUT2D eigenvalue weighted by Crippen LogP contribution is 2.26. The highest BCUT2D eigenvalue weighted by molar-refractivity contribution is 6.32. The van der Waals surface area contributed by atoms with Gasteiger partial charge in [0, 0.05) is 10.7 Å². The van der Waals surface area contributed by atoms with E-state index in [9.17, 15) is 14.4 Å². The molecule has 2 aromatic rings. The third-order valence-electron chi connectivity index (χ3n) is 4.09. The number of hydrogen-bond acceptors (Lipinski definition) is 3. The number of para-hydroxylation sites is 1. The van der Waals surface area contributed by atoms with Gasteiger partial charge in [-0.3, -0.25) is 19.3 Å². The Balaban J connectivity index is 1.77. The molecule has 25 heavy (non-hydrogen) atoms. The molecule has 0 bridgehead atoms. The second-order valence-corrected chi connectivity index (χ2v) is 6.61. The van der Waals surface area contributed by atoms with Crippen LogP contribution in [0.5, 0.6) is 0 Å². The van der Waals surface area contributed by atoms with Crippen LogP contribution in [-0.4, -0.2) is 29.2 Å². The van der Waals surface area contributed by atoms with Gasteiger partial charge in [-0.1, -0.05) is 43.6 Å². The highest BCUT2D eigenvalue weighted by Gasteiger charge is 2.36. The van der Waals surface area contributed by atoms with E-state index in [1.807, 2.05) is 32.0 Å². The Hall–Kier alpha value is -2.66. The molecule has 0 saturated carbocycles. The largest absolute Gasteiger partial charge is 0.324 e. The lowest BCUT2D eigenvalue weighted by atomic mass is 10.0. The molecule has 0 aromatic heterocycles. The molecule has 0 atom stereocenters. The van der Waals surface area contributed by atoms with Gasteiger partial charge in [-0.2, -0.15) is 0 Å². The van der Waals surface area contributed by atoms with Crippen molar-refractivity contribution in [2.45, 2.75) is 19.8 Å². The van der Waals surface area contributed by atoms with E-state index in [0.29, 0.717) is 10.7 Å². The predicted octanol–water partition coefficient (Wildman–Crippen LogP) is 3.70. The van der Waals surface area contributed by atoms with Crippen LogP contribution in [0.2, 0.25) is 5.02 Å². The number of nitrogens with zero attached hydrogens (tertiary/aromatic N) is 1. The van der Waals surface area contributed by atoms with Gasteiger partial charge in [-0.15, -0.1) is 0 Å². The normalized spacial score (nSPS) is 13.4. The number of carbonyl (C=O) groups is 3. The highest BCUT2D eigenvalue weighted by atomic mass is 35.5. The lowest BCUT2D eigenvalue weighted by Gasteiger charge is -2.16. The molecule has 0 saturated heterocycles. The molecule has 128 valence electrons. The molecule has 3 amide bonds. The third kappa shape index (κ3) is 3.28. The SMILES string of the molecule is CC(C)c1ccccc1NC(=O)CN1C(=O)c2ccc(Cl)cc2C1=O. The lowest BCUT2D eigenvalue weighted by Crippen LogP contribution is -2.37. The van der Waals surface area contributed by atoms with Crippen molar-refractivity contribution in [3.63, 3.8) is 0 Å². The number of halogens is 1. The summed E-state index contributed by atoms with van der Waals surface area (Å²) in [4.78, 5) is 38.1. The number of fused-ring (bicyclic) bond motifs is 1. The van der Waals surface area contributed by atoms with E-state index in [1.165, 1.54) is 12.1 Å². The quantitative estimate of drug-likeness (QED) is 0.849. The zero-order valence-corrected chi connectivity index (χ0v) is 14.6. The average molecular weight is 357 g/mol. The summed E-state index contributed by atoms with van der Waals surface area (Å²) < 4.78 is 0. The summed E-state index contributed by atoms with van der Waals surface area (Å²) in [6.45, 7) is 3.72. The van der Waals surface area contributed by atoms with E-state index in [1.54, 1.807) is 12.1 Å². The summed E-state index contributed by atoms with van der Waals surface area (Å²) in [5.41, 5.74) is 2.17. The van der Waals surface area contributed by atoms with Crippen LogP contribution in [0.25, 0.3) is 0 Å². The first-order chi connectivity index (χ1) is 11.9. The van der Waals surface area contributed by atoms with Gasteiger partial charge in [-0.05, 0) is 35.7 Å². The Morgan fingerprint density at radius 2 is 1.76 bits per heavy atom. The molecule has 1 N–H and O–H groups in total. The molecular formula is C19H17ClN2O3. The summed E-state index contributed by atoms with van der Waals surface area (Å²) in [7, 11) is 0. The topological polar surface area (TPSA) is 66.5 Å². The number of anilines is 1. The van der Waals surface area contributed by atoms with E-state index in [4.69, 9.17) is 11.6 Å². The minimum atomic E-state index is -0.505. The monoisotopic (exact) mass is 356 g/mol. The van der Waals surface area contributed by atoms with Crippen LogP contribution in [0, 0.1) is 0 Å². The maximum atomic E-state index is 12.4.